The number of halogens is 3. The zero-order chi connectivity index (χ0) is 23.2. The van der Waals surface area contributed by atoms with Crippen molar-refractivity contribution in [2.24, 2.45) is 0 Å². The van der Waals surface area contributed by atoms with Crippen LogP contribution in [0.5, 0.6) is 11.5 Å². The summed E-state index contributed by atoms with van der Waals surface area (Å²) in [6, 6.07) is 12.8. The summed E-state index contributed by atoms with van der Waals surface area (Å²) in [5.74, 6) is 0.629. The molecule has 0 fully saturated rings. The van der Waals surface area contributed by atoms with Gasteiger partial charge in [0.2, 0.25) is 6.79 Å². The first-order valence-corrected chi connectivity index (χ1v) is 10.5. The molecule has 1 amide bonds. The molecule has 0 unspecified atom stereocenters. The Morgan fingerprint density at radius 3 is 2.67 bits per heavy atom. The average molecular weight is 458 g/mol. The SMILES string of the molecule is C[C@H](NC(=O)c1cc2n(n1)[C@@H](C(F)(F)F)C[C@H](c1ccc3c(c1)OCO3)N2)c1ccccc1. The van der Waals surface area contributed by atoms with Gasteiger partial charge in [0.25, 0.3) is 5.91 Å². The molecular formula is C23H21F3N4O3. The number of hydrogen-bond acceptors (Lipinski definition) is 5. The van der Waals surface area contributed by atoms with Gasteiger partial charge in [0, 0.05) is 12.5 Å². The highest BCUT2D eigenvalue weighted by Gasteiger charge is 2.47. The summed E-state index contributed by atoms with van der Waals surface area (Å²) in [4.78, 5) is 12.8. The molecule has 0 saturated carbocycles. The van der Waals surface area contributed by atoms with E-state index in [2.05, 4.69) is 15.7 Å². The first kappa shape index (κ1) is 21.2. The van der Waals surface area contributed by atoms with Crippen LogP contribution in [-0.2, 0) is 0 Å². The van der Waals surface area contributed by atoms with Crippen LogP contribution in [0.2, 0.25) is 0 Å². The van der Waals surface area contributed by atoms with Crippen LogP contribution in [0.1, 0.15) is 53.1 Å². The highest BCUT2D eigenvalue weighted by Crippen LogP contribution is 2.45. The first-order chi connectivity index (χ1) is 15.8. The monoisotopic (exact) mass is 458 g/mol. The van der Waals surface area contributed by atoms with Crippen LogP contribution < -0.4 is 20.1 Å². The van der Waals surface area contributed by atoms with Gasteiger partial charge in [0.1, 0.15) is 5.82 Å². The molecule has 3 aromatic rings. The molecule has 2 aliphatic rings. The molecule has 172 valence electrons. The summed E-state index contributed by atoms with van der Waals surface area (Å²) in [7, 11) is 0. The van der Waals surface area contributed by atoms with E-state index in [0.29, 0.717) is 17.1 Å². The lowest BCUT2D eigenvalue weighted by molar-refractivity contribution is -0.173. The topological polar surface area (TPSA) is 77.4 Å². The fourth-order valence-corrected chi connectivity index (χ4v) is 4.13. The number of amides is 1. The molecule has 2 aliphatic heterocycles. The van der Waals surface area contributed by atoms with Gasteiger partial charge in [-0.2, -0.15) is 18.3 Å². The number of carbonyl (C=O) groups excluding carboxylic acids is 1. The van der Waals surface area contributed by atoms with Crippen molar-refractivity contribution in [3.05, 3.63) is 71.4 Å². The van der Waals surface area contributed by atoms with Crippen molar-refractivity contribution in [2.75, 3.05) is 12.1 Å². The van der Waals surface area contributed by atoms with Crippen LogP contribution in [0, 0.1) is 0 Å². The van der Waals surface area contributed by atoms with Crippen LogP contribution >= 0.6 is 0 Å². The molecule has 5 rings (SSSR count). The second-order valence-corrected chi connectivity index (χ2v) is 8.07. The maximum Gasteiger partial charge on any atom is 0.410 e. The van der Waals surface area contributed by atoms with E-state index in [1.807, 2.05) is 30.3 Å². The highest BCUT2D eigenvalue weighted by atomic mass is 19.4. The molecule has 1 aromatic heterocycles. The zero-order valence-electron chi connectivity index (χ0n) is 17.6. The van der Waals surface area contributed by atoms with E-state index >= 15 is 0 Å². The Labute approximate surface area is 187 Å². The van der Waals surface area contributed by atoms with Gasteiger partial charge in [0.15, 0.2) is 23.2 Å². The minimum atomic E-state index is -4.54. The predicted molar refractivity (Wildman–Crippen MR) is 113 cm³/mol. The molecule has 33 heavy (non-hydrogen) atoms. The Hall–Kier alpha value is -3.69. The molecule has 0 spiro atoms. The number of carbonyl (C=O) groups is 1. The van der Waals surface area contributed by atoms with Crippen molar-refractivity contribution in [1.29, 1.82) is 0 Å². The molecule has 0 saturated heterocycles. The van der Waals surface area contributed by atoms with E-state index in [9.17, 15) is 18.0 Å². The van der Waals surface area contributed by atoms with Gasteiger partial charge >= 0.3 is 6.18 Å². The van der Waals surface area contributed by atoms with Crippen LogP contribution in [0.4, 0.5) is 19.0 Å². The van der Waals surface area contributed by atoms with Crippen molar-refractivity contribution >= 4 is 11.7 Å². The standard InChI is InChI=1S/C23H21F3N4O3/c1-13(14-5-3-2-4-6-14)27-22(31)17-11-21-28-16(10-20(23(24,25)26)30(21)29-17)15-7-8-18-19(9-15)33-12-32-18/h2-9,11,13,16,20,28H,10,12H2,1H3,(H,27,31)/t13-,16+,20+/m0/s1. The second kappa shape index (κ2) is 8.02. The normalized spacial score (nSPS) is 20.0. The number of benzene rings is 2. The third-order valence-electron chi connectivity index (χ3n) is 5.87. The molecule has 0 bridgehead atoms. The van der Waals surface area contributed by atoms with E-state index in [4.69, 9.17) is 9.47 Å². The van der Waals surface area contributed by atoms with Gasteiger partial charge in [-0.15, -0.1) is 0 Å². The Kier molecular flexibility index (Phi) is 5.15. The van der Waals surface area contributed by atoms with Gasteiger partial charge in [-0.1, -0.05) is 36.4 Å². The quantitative estimate of drug-likeness (QED) is 0.589. The molecule has 3 heterocycles. The van der Waals surface area contributed by atoms with E-state index in [0.717, 1.165) is 10.2 Å². The maximum atomic E-state index is 13.9. The first-order valence-electron chi connectivity index (χ1n) is 10.5. The zero-order valence-corrected chi connectivity index (χ0v) is 17.6. The minimum absolute atomic E-state index is 0.0781. The fraction of sp³-hybridized carbons (Fsp3) is 0.304. The Morgan fingerprint density at radius 1 is 1.15 bits per heavy atom. The summed E-state index contributed by atoms with van der Waals surface area (Å²) < 4.78 is 53.3. The average Bonchev–Trinajstić information content (AvgIpc) is 3.44. The van der Waals surface area contributed by atoms with Gasteiger partial charge < -0.3 is 20.1 Å². The van der Waals surface area contributed by atoms with Crippen molar-refractivity contribution in [3.8, 4) is 11.5 Å². The third-order valence-corrected chi connectivity index (χ3v) is 5.87. The lowest BCUT2D eigenvalue weighted by atomic mass is 9.96. The number of fused-ring (bicyclic) bond motifs is 2. The number of nitrogens with zero attached hydrogens (tertiary/aromatic N) is 2. The summed E-state index contributed by atoms with van der Waals surface area (Å²) in [6.45, 7) is 1.88. The summed E-state index contributed by atoms with van der Waals surface area (Å²) in [5.41, 5.74) is 1.43. The predicted octanol–water partition coefficient (Wildman–Crippen LogP) is 4.76. The van der Waals surface area contributed by atoms with Crippen molar-refractivity contribution in [2.45, 2.75) is 37.6 Å². The Bertz CT molecular complexity index is 1180. The van der Waals surface area contributed by atoms with E-state index < -0.39 is 24.2 Å². The van der Waals surface area contributed by atoms with Crippen molar-refractivity contribution in [3.63, 3.8) is 0 Å². The molecule has 0 radical (unpaired) electrons. The lowest BCUT2D eigenvalue weighted by Crippen LogP contribution is -2.35. The Balaban J connectivity index is 1.41. The minimum Gasteiger partial charge on any atom is -0.454 e. The number of hydrogen-bond donors (Lipinski definition) is 2. The maximum absolute atomic E-state index is 13.9. The highest BCUT2D eigenvalue weighted by molar-refractivity contribution is 5.93. The number of alkyl halides is 3. The van der Waals surface area contributed by atoms with E-state index in [1.54, 1.807) is 25.1 Å². The largest absolute Gasteiger partial charge is 0.454 e. The molecule has 2 aromatic carbocycles. The summed E-state index contributed by atoms with van der Waals surface area (Å²) >= 11 is 0. The number of nitrogens with one attached hydrogen (secondary N) is 2. The number of rotatable bonds is 4. The van der Waals surface area contributed by atoms with E-state index in [-0.39, 0.29) is 30.8 Å². The van der Waals surface area contributed by atoms with Crippen LogP contribution in [0.25, 0.3) is 0 Å². The molecule has 10 heteroatoms. The van der Waals surface area contributed by atoms with Crippen LogP contribution in [-0.4, -0.2) is 28.7 Å². The number of ether oxygens (including phenoxy) is 2. The second-order valence-electron chi connectivity index (χ2n) is 8.07. The van der Waals surface area contributed by atoms with Crippen LogP contribution in [0.15, 0.2) is 54.6 Å². The van der Waals surface area contributed by atoms with Gasteiger partial charge in [-0.3, -0.25) is 4.79 Å². The molecule has 3 atom stereocenters. The smallest absolute Gasteiger partial charge is 0.410 e. The van der Waals surface area contributed by atoms with Gasteiger partial charge in [-0.25, -0.2) is 4.68 Å². The van der Waals surface area contributed by atoms with Crippen molar-refractivity contribution in [1.82, 2.24) is 15.1 Å². The Morgan fingerprint density at radius 2 is 1.91 bits per heavy atom. The third kappa shape index (κ3) is 4.08. The fourth-order valence-electron chi connectivity index (χ4n) is 4.13. The van der Waals surface area contributed by atoms with Crippen LogP contribution in [0.3, 0.4) is 0 Å². The van der Waals surface area contributed by atoms with Gasteiger partial charge in [-0.05, 0) is 30.2 Å². The van der Waals surface area contributed by atoms with E-state index in [1.165, 1.54) is 6.07 Å². The lowest BCUT2D eigenvalue weighted by Gasteiger charge is -2.33. The summed E-state index contributed by atoms with van der Waals surface area (Å²) in [5, 5.41) is 9.89. The summed E-state index contributed by atoms with van der Waals surface area (Å²) in [6.07, 6.45) is -4.82. The molecule has 7 nitrogen and oxygen atoms in total. The molecule has 0 aliphatic carbocycles. The molecular weight excluding hydrogens is 437 g/mol. The van der Waals surface area contributed by atoms with Crippen molar-refractivity contribution < 1.29 is 27.4 Å². The molecule has 2 N–H and O–H groups in total. The number of anilines is 1. The van der Waals surface area contributed by atoms with Gasteiger partial charge in [0.05, 0.1) is 12.1 Å². The number of aromatic nitrogens is 2.